The summed E-state index contributed by atoms with van der Waals surface area (Å²) in [4.78, 5) is 2.58. The molecule has 0 saturated carbocycles. The Morgan fingerprint density at radius 2 is 1.95 bits per heavy atom. The lowest BCUT2D eigenvalue weighted by atomic mass is 10.00. The summed E-state index contributed by atoms with van der Waals surface area (Å²) in [5.74, 6) is 0.690. The number of fused-ring (bicyclic) bond motifs is 1. The third-order valence-electron chi connectivity index (χ3n) is 4.95. The number of benzene rings is 1. The van der Waals surface area contributed by atoms with E-state index in [1.54, 1.807) is 0 Å². The Bertz CT molecular complexity index is 427. The maximum absolute atomic E-state index is 3.77. The molecule has 2 heteroatoms. The monoisotopic (exact) mass is 274 g/mol. The Kier molecular flexibility index (Phi) is 5.22. The highest BCUT2D eigenvalue weighted by atomic mass is 15.2. The molecule has 0 bridgehead atoms. The van der Waals surface area contributed by atoms with Crippen LogP contribution in [-0.4, -0.2) is 30.6 Å². The molecular formula is C18H30N2. The summed E-state index contributed by atoms with van der Waals surface area (Å²) in [5.41, 5.74) is 3.03. The smallest absolute Gasteiger partial charge is 0.0484 e. The van der Waals surface area contributed by atoms with Crippen LogP contribution in [-0.2, 0) is 6.42 Å². The van der Waals surface area contributed by atoms with E-state index >= 15 is 0 Å². The predicted octanol–water partition coefficient (Wildman–Crippen LogP) is 3.63. The molecule has 112 valence electrons. The fourth-order valence-electron chi connectivity index (χ4n) is 3.27. The molecule has 3 unspecified atom stereocenters. The minimum Gasteiger partial charge on any atom is -0.309 e. The van der Waals surface area contributed by atoms with Crippen molar-refractivity contribution in [2.24, 2.45) is 5.92 Å². The van der Waals surface area contributed by atoms with E-state index in [4.69, 9.17) is 0 Å². The first kappa shape index (κ1) is 15.5. The molecule has 0 spiro atoms. The lowest BCUT2D eigenvalue weighted by Crippen LogP contribution is -2.46. The van der Waals surface area contributed by atoms with Gasteiger partial charge in [0, 0.05) is 18.1 Å². The van der Waals surface area contributed by atoms with E-state index in [0.29, 0.717) is 24.0 Å². The summed E-state index contributed by atoms with van der Waals surface area (Å²) in [6.07, 6.45) is 2.36. The normalized spacial score (nSPS) is 23.4. The van der Waals surface area contributed by atoms with E-state index < -0.39 is 0 Å². The summed E-state index contributed by atoms with van der Waals surface area (Å²) in [6.45, 7) is 10.3. The number of likely N-dealkylation sites (N-methyl/N-ethyl adjacent to an activating group) is 1. The maximum Gasteiger partial charge on any atom is 0.0484 e. The van der Waals surface area contributed by atoms with Crippen molar-refractivity contribution in [1.29, 1.82) is 0 Å². The third kappa shape index (κ3) is 3.07. The molecule has 0 fully saturated rings. The first-order chi connectivity index (χ1) is 9.56. The number of nitrogens with one attached hydrogen (secondary N) is 1. The van der Waals surface area contributed by atoms with Gasteiger partial charge in [0.25, 0.3) is 0 Å². The number of hydrogen-bond acceptors (Lipinski definition) is 2. The van der Waals surface area contributed by atoms with Gasteiger partial charge in [-0.15, -0.1) is 0 Å². The quantitative estimate of drug-likeness (QED) is 0.852. The van der Waals surface area contributed by atoms with Crippen LogP contribution in [0.25, 0.3) is 0 Å². The topological polar surface area (TPSA) is 15.3 Å². The summed E-state index contributed by atoms with van der Waals surface area (Å²) in [6, 6.07) is 10.6. The third-order valence-corrected chi connectivity index (χ3v) is 4.95. The molecule has 20 heavy (non-hydrogen) atoms. The van der Waals surface area contributed by atoms with Gasteiger partial charge in [0.1, 0.15) is 0 Å². The average molecular weight is 274 g/mol. The van der Waals surface area contributed by atoms with Crippen molar-refractivity contribution in [1.82, 2.24) is 10.2 Å². The van der Waals surface area contributed by atoms with Crippen molar-refractivity contribution < 1.29 is 0 Å². The molecule has 0 aromatic heterocycles. The Labute approximate surface area is 124 Å². The van der Waals surface area contributed by atoms with Crippen molar-refractivity contribution in [2.75, 3.05) is 13.6 Å². The highest BCUT2D eigenvalue weighted by Crippen LogP contribution is 2.35. The number of rotatable bonds is 6. The van der Waals surface area contributed by atoms with Crippen LogP contribution in [0, 0.1) is 5.92 Å². The van der Waals surface area contributed by atoms with Crippen LogP contribution in [0.15, 0.2) is 24.3 Å². The lowest BCUT2D eigenvalue weighted by molar-refractivity contribution is 0.126. The van der Waals surface area contributed by atoms with E-state index in [1.807, 2.05) is 0 Å². The van der Waals surface area contributed by atoms with Crippen LogP contribution < -0.4 is 5.32 Å². The molecule has 1 aliphatic rings. The summed E-state index contributed by atoms with van der Waals surface area (Å²) >= 11 is 0. The summed E-state index contributed by atoms with van der Waals surface area (Å²) < 4.78 is 0. The zero-order valence-corrected chi connectivity index (χ0v) is 13.7. The molecule has 2 nitrogen and oxygen atoms in total. The molecule has 0 heterocycles. The molecule has 2 rings (SSSR count). The standard InChI is InChI=1S/C18H30N2/c1-6-11-19-18-16-10-8-7-9-15(16)12-17(18)20(5)14(4)13(2)3/h7-10,13-14,17-19H,6,11-12H2,1-5H3. The van der Waals surface area contributed by atoms with Crippen molar-refractivity contribution >= 4 is 0 Å². The van der Waals surface area contributed by atoms with Crippen molar-refractivity contribution in [2.45, 2.75) is 58.7 Å². The van der Waals surface area contributed by atoms with Gasteiger partial charge in [-0.05, 0) is 50.4 Å². The second-order valence-corrected chi connectivity index (χ2v) is 6.55. The van der Waals surface area contributed by atoms with E-state index in [1.165, 1.54) is 24.0 Å². The van der Waals surface area contributed by atoms with E-state index in [2.05, 4.69) is 69.2 Å². The van der Waals surface area contributed by atoms with E-state index in [-0.39, 0.29) is 0 Å². The number of hydrogen-bond donors (Lipinski definition) is 1. The Morgan fingerprint density at radius 3 is 2.60 bits per heavy atom. The lowest BCUT2D eigenvalue weighted by Gasteiger charge is -2.37. The molecule has 1 N–H and O–H groups in total. The van der Waals surface area contributed by atoms with Crippen LogP contribution in [0.2, 0.25) is 0 Å². The first-order valence-electron chi connectivity index (χ1n) is 8.09. The first-order valence-corrected chi connectivity index (χ1v) is 8.09. The van der Waals surface area contributed by atoms with Crippen LogP contribution >= 0.6 is 0 Å². The molecule has 0 amide bonds. The minimum absolute atomic E-state index is 0.484. The van der Waals surface area contributed by atoms with E-state index in [9.17, 15) is 0 Å². The molecule has 0 radical (unpaired) electrons. The van der Waals surface area contributed by atoms with Gasteiger partial charge in [0.15, 0.2) is 0 Å². The fraction of sp³-hybridized carbons (Fsp3) is 0.667. The molecule has 1 aromatic rings. The van der Waals surface area contributed by atoms with Crippen LogP contribution in [0.5, 0.6) is 0 Å². The Balaban J connectivity index is 2.20. The molecular weight excluding hydrogens is 244 g/mol. The molecule has 0 aliphatic heterocycles. The van der Waals surface area contributed by atoms with Gasteiger partial charge >= 0.3 is 0 Å². The average Bonchev–Trinajstić information content (AvgIpc) is 2.82. The zero-order valence-electron chi connectivity index (χ0n) is 13.7. The minimum atomic E-state index is 0.484. The molecule has 0 saturated heterocycles. The van der Waals surface area contributed by atoms with Gasteiger partial charge in [-0.1, -0.05) is 45.0 Å². The van der Waals surface area contributed by atoms with Crippen LogP contribution in [0.4, 0.5) is 0 Å². The van der Waals surface area contributed by atoms with Crippen LogP contribution in [0.3, 0.4) is 0 Å². The zero-order chi connectivity index (χ0) is 14.7. The van der Waals surface area contributed by atoms with Crippen molar-refractivity contribution in [3.8, 4) is 0 Å². The van der Waals surface area contributed by atoms with Crippen LogP contribution in [0.1, 0.15) is 51.3 Å². The second kappa shape index (κ2) is 6.73. The highest BCUT2D eigenvalue weighted by Gasteiger charge is 2.36. The number of nitrogens with zero attached hydrogens (tertiary/aromatic N) is 1. The molecule has 1 aliphatic carbocycles. The molecule has 3 atom stereocenters. The van der Waals surface area contributed by atoms with Gasteiger partial charge in [-0.2, -0.15) is 0 Å². The second-order valence-electron chi connectivity index (χ2n) is 6.55. The summed E-state index contributed by atoms with van der Waals surface area (Å²) in [5, 5.41) is 3.77. The fourth-order valence-corrected chi connectivity index (χ4v) is 3.27. The van der Waals surface area contributed by atoms with E-state index in [0.717, 1.165) is 6.54 Å². The molecule has 1 aromatic carbocycles. The highest BCUT2D eigenvalue weighted by molar-refractivity contribution is 5.37. The van der Waals surface area contributed by atoms with Crippen molar-refractivity contribution in [3.05, 3.63) is 35.4 Å². The predicted molar refractivity (Wildman–Crippen MR) is 87.0 cm³/mol. The summed E-state index contributed by atoms with van der Waals surface area (Å²) in [7, 11) is 2.29. The van der Waals surface area contributed by atoms with Gasteiger partial charge in [0.05, 0.1) is 0 Å². The SMILES string of the molecule is CCCNC1c2ccccc2CC1N(C)C(C)C(C)C. The van der Waals surface area contributed by atoms with Gasteiger partial charge < -0.3 is 5.32 Å². The van der Waals surface area contributed by atoms with Gasteiger partial charge in [-0.3, -0.25) is 4.90 Å². The Hall–Kier alpha value is -0.860. The largest absolute Gasteiger partial charge is 0.309 e. The van der Waals surface area contributed by atoms with Gasteiger partial charge in [0.2, 0.25) is 0 Å². The van der Waals surface area contributed by atoms with Gasteiger partial charge in [-0.25, -0.2) is 0 Å². The Morgan fingerprint density at radius 1 is 1.25 bits per heavy atom. The maximum atomic E-state index is 3.77. The van der Waals surface area contributed by atoms with Crippen molar-refractivity contribution in [3.63, 3.8) is 0 Å².